The number of nitrogens with one attached hydrogen (secondary N) is 1. The highest BCUT2D eigenvalue weighted by atomic mass is 16.5. The Labute approximate surface area is 61.3 Å². The van der Waals surface area contributed by atoms with E-state index >= 15 is 0 Å². The zero-order chi connectivity index (χ0) is 6.81. The van der Waals surface area contributed by atoms with Gasteiger partial charge in [0.2, 0.25) is 0 Å². The average Bonchev–Trinajstić information content (AvgIpc) is 2.05. The standard InChI is InChI=1S/C8H12NO/c1-2-4-8-7(3-1)9-5-6-10-8/h6,9H,1-5H2. The molecule has 1 radical (unpaired) electrons. The molecule has 2 rings (SSSR count). The monoisotopic (exact) mass is 138 g/mol. The molecule has 0 aromatic rings. The van der Waals surface area contributed by atoms with Crippen LogP contribution in [-0.2, 0) is 4.74 Å². The molecule has 0 atom stereocenters. The Kier molecular flexibility index (Phi) is 1.53. The first-order chi connectivity index (χ1) is 4.97. The van der Waals surface area contributed by atoms with Crippen molar-refractivity contribution in [3.05, 3.63) is 18.1 Å². The molecule has 2 heteroatoms. The highest BCUT2D eigenvalue weighted by molar-refractivity contribution is 5.13. The molecule has 2 nitrogen and oxygen atoms in total. The fourth-order valence-corrected chi connectivity index (χ4v) is 1.50. The van der Waals surface area contributed by atoms with Gasteiger partial charge in [0, 0.05) is 12.1 Å². The third kappa shape index (κ3) is 0.981. The van der Waals surface area contributed by atoms with Crippen LogP contribution in [0.5, 0.6) is 0 Å². The Morgan fingerprint density at radius 3 is 3.10 bits per heavy atom. The second kappa shape index (κ2) is 2.52. The Morgan fingerprint density at radius 2 is 2.20 bits per heavy atom. The van der Waals surface area contributed by atoms with Crippen molar-refractivity contribution < 1.29 is 4.74 Å². The van der Waals surface area contributed by atoms with E-state index in [9.17, 15) is 0 Å². The van der Waals surface area contributed by atoms with Gasteiger partial charge >= 0.3 is 0 Å². The predicted octanol–water partition coefficient (Wildman–Crippen LogP) is 1.55. The van der Waals surface area contributed by atoms with Crippen molar-refractivity contribution in [2.24, 2.45) is 0 Å². The first kappa shape index (κ1) is 6.08. The Bertz CT molecular complexity index is 129. The average molecular weight is 138 g/mol. The van der Waals surface area contributed by atoms with Crippen LogP contribution in [0.3, 0.4) is 0 Å². The highest BCUT2D eigenvalue weighted by Gasteiger charge is 2.16. The van der Waals surface area contributed by atoms with Crippen LogP contribution in [0.15, 0.2) is 11.5 Å². The summed E-state index contributed by atoms with van der Waals surface area (Å²) in [6.07, 6.45) is 4.91. The van der Waals surface area contributed by atoms with Crippen molar-refractivity contribution in [3.63, 3.8) is 0 Å². The molecule has 0 aromatic heterocycles. The third-order valence-electron chi connectivity index (χ3n) is 2.04. The van der Waals surface area contributed by atoms with E-state index < -0.39 is 0 Å². The summed E-state index contributed by atoms with van der Waals surface area (Å²) >= 11 is 0. The summed E-state index contributed by atoms with van der Waals surface area (Å²) in [5.74, 6) is 1.18. The maximum Gasteiger partial charge on any atom is 0.154 e. The normalized spacial score (nSPS) is 24.8. The first-order valence-corrected chi connectivity index (χ1v) is 3.91. The number of hydrogen-bond donors (Lipinski definition) is 1. The lowest BCUT2D eigenvalue weighted by Crippen LogP contribution is -2.25. The number of allylic oxidation sites excluding steroid dienone is 2. The molecule has 0 amide bonds. The van der Waals surface area contributed by atoms with Gasteiger partial charge in [0.25, 0.3) is 0 Å². The lowest BCUT2D eigenvalue weighted by Gasteiger charge is -2.25. The van der Waals surface area contributed by atoms with E-state index in [1.807, 2.05) is 6.61 Å². The quantitative estimate of drug-likeness (QED) is 0.548. The molecule has 0 bridgehead atoms. The van der Waals surface area contributed by atoms with Crippen LogP contribution in [0.4, 0.5) is 0 Å². The minimum absolute atomic E-state index is 0.874. The number of rotatable bonds is 0. The molecule has 0 aromatic carbocycles. The van der Waals surface area contributed by atoms with Gasteiger partial charge < -0.3 is 10.1 Å². The molecule has 0 spiro atoms. The summed E-state index contributed by atoms with van der Waals surface area (Å²) < 4.78 is 5.37. The van der Waals surface area contributed by atoms with Gasteiger partial charge in [-0.15, -0.1) is 0 Å². The molecule has 0 fully saturated rings. The minimum atomic E-state index is 0.874. The van der Waals surface area contributed by atoms with Crippen LogP contribution >= 0.6 is 0 Å². The second-order valence-electron chi connectivity index (χ2n) is 2.77. The Morgan fingerprint density at radius 1 is 1.30 bits per heavy atom. The van der Waals surface area contributed by atoms with E-state index in [0.29, 0.717) is 0 Å². The van der Waals surface area contributed by atoms with Crippen LogP contribution in [0, 0.1) is 6.61 Å². The van der Waals surface area contributed by atoms with Gasteiger partial charge in [-0.3, -0.25) is 0 Å². The van der Waals surface area contributed by atoms with Crippen molar-refractivity contribution in [3.8, 4) is 0 Å². The van der Waals surface area contributed by atoms with Crippen LogP contribution in [0.2, 0.25) is 0 Å². The zero-order valence-corrected chi connectivity index (χ0v) is 6.02. The summed E-state index contributed by atoms with van der Waals surface area (Å²) in [5, 5.41) is 3.32. The number of hydrogen-bond acceptors (Lipinski definition) is 2. The first-order valence-electron chi connectivity index (χ1n) is 3.91. The topological polar surface area (TPSA) is 21.3 Å². The minimum Gasteiger partial charge on any atom is -0.487 e. The van der Waals surface area contributed by atoms with E-state index in [2.05, 4.69) is 5.32 Å². The summed E-state index contributed by atoms with van der Waals surface area (Å²) in [6.45, 7) is 2.71. The Balaban J connectivity index is 2.14. The maximum absolute atomic E-state index is 5.37. The highest BCUT2D eigenvalue weighted by Crippen LogP contribution is 2.26. The molecular weight excluding hydrogens is 126 g/mol. The molecule has 1 heterocycles. The number of ether oxygens (including phenoxy) is 1. The van der Waals surface area contributed by atoms with Crippen molar-refractivity contribution in [1.29, 1.82) is 0 Å². The molecule has 1 N–H and O–H groups in total. The van der Waals surface area contributed by atoms with Crippen LogP contribution in [0.25, 0.3) is 0 Å². The molecule has 1 aliphatic carbocycles. The molecule has 55 valence electrons. The summed E-state index contributed by atoms with van der Waals surface area (Å²) in [5.41, 5.74) is 1.34. The van der Waals surface area contributed by atoms with Crippen molar-refractivity contribution in [2.45, 2.75) is 25.7 Å². The molecule has 0 unspecified atom stereocenters. The molecule has 1 aliphatic heterocycles. The van der Waals surface area contributed by atoms with Crippen molar-refractivity contribution >= 4 is 0 Å². The predicted molar refractivity (Wildman–Crippen MR) is 38.9 cm³/mol. The van der Waals surface area contributed by atoms with E-state index in [-0.39, 0.29) is 0 Å². The van der Waals surface area contributed by atoms with Gasteiger partial charge in [-0.05, 0) is 19.3 Å². The summed E-state index contributed by atoms with van der Waals surface area (Å²) in [4.78, 5) is 0. The van der Waals surface area contributed by atoms with Gasteiger partial charge in [0.15, 0.2) is 6.61 Å². The van der Waals surface area contributed by atoms with Crippen molar-refractivity contribution in [2.75, 3.05) is 6.54 Å². The SMILES string of the molecule is [CH]1CNC2=C(CCCC2)O1. The smallest absolute Gasteiger partial charge is 0.154 e. The Hall–Kier alpha value is -0.660. The zero-order valence-electron chi connectivity index (χ0n) is 6.02. The van der Waals surface area contributed by atoms with Crippen molar-refractivity contribution in [1.82, 2.24) is 5.32 Å². The van der Waals surface area contributed by atoms with Gasteiger partial charge in [-0.1, -0.05) is 0 Å². The van der Waals surface area contributed by atoms with Gasteiger partial charge in [0.05, 0.1) is 6.54 Å². The van der Waals surface area contributed by atoms with Gasteiger partial charge in [0.1, 0.15) is 5.76 Å². The third-order valence-corrected chi connectivity index (χ3v) is 2.04. The van der Waals surface area contributed by atoms with Crippen LogP contribution < -0.4 is 5.32 Å². The van der Waals surface area contributed by atoms with E-state index in [1.165, 1.54) is 30.7 Å². The maximum atomic E-state index is 5.37. The van der Waals surface area contributed by atoms with E-state index in [4.69, 9.17) is 4.74 Å². The van der Waals surface area contributed by atoms with E-state index in [1.54, 1.807) is 0 Å². The molecule has 2 aliphatic rings. The lowest BCUT2D eigenvalue weighted by atomic mass is 10.0. The molecular formula is C8H12NO. The lowest BCUT2D eigenvalue weighted by molar-refractivity contribution is 0.230. The van der Waals surface area contributed by atoms with Gasteiger partial charge in [-0.25, -0.2) is 0 Å². The summed E-state index contributed by atoms with van der Waals surface area (Å²) in [7, 11) is 0. The van der Waals surface area contributed by atoms with Crippen LogP contribution in [0.1, 0.15) is 25.7 Å². The fourth-order valence-electron chi connectivity index (χ4n) is 1.50. The second-order valence-corrected chi connectivity index (χ2v) is 2.77. The van der Waals surface area contributed by atoms with Crippen LogP contribution in [-0.4, -0.2) is 6.54 Å². The molecule has 10 heavy (non-hydrogen) atoms. The van der Waals surface area contributed by atoms with E-state index in [0.717, 1.165) is 13.0 Å². The molecule has 0 saturated carbocycles. The summed E-state index contributed by atoms with van der Waals surface area (Å²) in [6, 6.07) is 0. The largest absolute Gasteiger partial charge is 0.487 e. The fraction of sp³-hybridized carbons (Fsp3) is 0.625. The molecule has 0 saturated heterocycles. The van der Waals surface area contributed by atoms with Gasteiger partial charge in [-0.2, -0.15) is 0 Å².